The van der Waals surface area contributed by atoms with E-state index in [1.54, 1.807) is 0 Å². The van der Waals surface area contributed by atoms with Crippen molar-refractivity contribution >= 4 is 5.71 Å². The summed E-state index contributed by atoms with van der Waals surface area (Å²) in [4.78, 5) is 0. The average Bonchev–Trinajstić information content (AvgIpc) is 1.83. The summed E-state index contributed by atoms with van der Waals surface area (Å²) in [6, 6.07) is 0. The van der Waals surface area contributed by atoms with E-state index in [1.807, 2.05) is 0 Å². The fourth-order valence-electron chi connectivity index (χ4n) is 1.08. The Morgan fingerprint density at radius 2 is 1.38 bits per heavy atom. The van der Waals surface area contributed by atoms with Crippen molar-refractivity contribution in [2.75, 3.05) is 0 Å². The van der Waals surface area contributed by atoms with Gasteiger partial charge in [0.25, 0.3) is 0 Å². The number of hydrogen-bond donors (Lipinski definition) is 1. The highest BCUT2D eigenvalue weighted by Crippen LogP contribution is 2.31. The van der Waals surface area contributed by atoms with Gasteiger partial charge in [-0.25, -0.2) is 0 Å². The molecule has 0 spiro atoms. The van der Waals surface area contributed by atoms with Crippen molar-refractivity contribution in [2.24, 2.45) is 21.8 Å². The molecule has 0 saturated carbocycles. The van der Waals surface area contributed by atoms with Gasteiger partial charge < -0.3 is 5.84 Å². The highest BCUT2D eigenvalue weighted by Gasteiger charge is 2.28. The third-order valence-electron chi connectivity index (χ3n) is 2.03. The lowest BCUT2D eigenvalue weighted by molar-refractivity contribution is 0.502. The summed E-state index contributed by atoms with van der Waals surface area (Å²) in [7, 11) is 0. The van der Waals surface area contributed by atoms with Crippen molar-refractivity contribution in [2.45, 2.75) is 41.5 Å². The van der Waals surface area contributed by atoms with Crippen molar-refractivity contribution in [3.8, 4) is 0 Å². The van der Waals surface area contributed by atoms with Crippen LogP contribution in [0.3, 0.4) is 0 Å². The average molecular weight is 182 g/mol. The predicted molar refractivity (Wildman–Crippen MR) is 59.7 cm³/mol. The molecule has 0 heterocycles. The largest absolute Gasteiger partial charge is 0.323 e. The molecule has 2 heteroatoms. The quantitative estimate of drug-likeness (QED) is 0.378. The van der Waals surface area contributed by atoms with E-state index in [4.69, 9.17) is 5.84 Å². The van der Waals surface area contributed by atoms with Gasteiger partial charge in [-0.1, -0.05) is 48.1 Å². The molecule has 2 N–H and O–H groups in total. The third kappa shape index (κ3) is 3.21. The molecule has 0 aromatic rings. The van der Waals surface area contributed by atoms with Gasteiger partial charge in [-0.2, -0.15) is 5.10 Å². The first-order valence-corrected chi connectivity index (χ1v) is 4.59. The van der Waals surface area contributed by atoms with Gasteiger partial charge in [-0.15, -0.1) is 0 Å². The van der Waals surface area contributed by atoms with Crippen LogP contribution in [-0.4, -0.2) is 5.71 Å². The van der Waals surface area contributed by atoms with E-state index in [0.29, 0.717) is 0 Å². The van der Waals surface area contributed by atoms with E-state index in [0.717, 1.165) is 11.3 Å². The molecule has 0 unspecified atom stereocenters. The molecule has 0 fully saturated rings. The molecule has 0 saturated heterocycles. The number of rotatable bonds is 1. The van der Waals surface area contributed by atoms with Crippen LogP contribution < -0.4 is 5.84 Å². The second kappa shape index (κ2) is 3.52. The lowest BCUT2D eigenvalue weighted by atomic mass is 9.76. The van der Waals surface area contributed by atoms with E-state index in [-0.39, 0.29) is 10.8 Å². The Hall–Kier alpha value is -0.790. The van der Waals surface area contributed by atoms with Crippen LogP contribution in [0.5, 0.6) is 0 Å². The van der Waals surface area contributed by atoms with E-state index >= 15 is 0 Å². The second-order valence-electron chi connectivity index (χ2n) is 5.46. The second-order valence-corrected chi connectivity index (χ2v) is 5.46. The molecule has 0 aliphatic rings. The molecule has 0 amide bonds. The molecule has 76 valence electrons. The normalized spacial score (nSPS) is 14.5. The zero-order chi connectivity index (χ0) is 10.9. The van der Waals surface area contributed by atoms with Crippen LogP contribution in [0.4, 0.5) is 0 Å². The Morgan fingerprint density at radius 3 is 1.46 bits per heavy atom. The molecule has 0 atom stereocenters. The van der Waals surface area contributed by atoms with E-state index in [1.165, 1.54) is 0 Å². The highest BCUT2D eigenvalue weighted by molar-refractivity contribution is 6.03. The fraction of sp³-hybridized carbons (Fsp3) is 0.727. The lowest BCUT2D eigenvalue weighted by Crippen LogP contribution is -2.29. The fourth-order valence-corrected chi connectivity index (χ4v) is 1.08. The summed E-state index contributed by atoms with van der Waals surface area (Å²) in [5.41, 5.74) is 1.92. The number of hydrazone groups is 1. The zero-order valence-electron chi connectivity index (χ0n) is 9.73. The maximum Gasteiger partial charge on any atom is 0.0685 e. The molecule has 0 aromatic carbocycles. The van der Waals surface area contributed by atoms with Gasteiger partial charge in [-0.05, 0) is 11.0 Å². The van der Waals surface area contributed by atoms with Gasteiger partial charge >= 0.3 is 0 Å². The summed E-state index contributed by atoms with van der Waals surface area (Å²) in [6.07, 6.45) is 0. The van der Waals surface area contributed by atoms with Crippen LogP contribution in [0.25, 0.3) is 0 Å². The van der Waals surface area contributed by atoms with Gasteiger partial charge in [0.2, 0.25) is 0 Å². The monoisotopic (exact) mass is 182 g/mol. The van der Waals surface area contributed by atoms with E-state index in [2.05, 4.69) is 53.2 Å². The van der Waals surface area contributed by atoms with Crippen molar-refractivity contribution in [1.82, 2.24) is 0 Å². The zero-order valence-corrected chi connectivity index (χ0v) is 9.73. The van der Waals surface area contributed by atoms with Gasteiger partial charge in [0.1, 0.15) is 0 Å². The van der Waals surface area contributed by atoms with Crippen LogP contribution in [0.15, 0.2) is 17.3 Å². The maximum absolute atomic E-state index is 5.38. The summed E-state index contributed by atoms with van der Waals surface area (Å²) < 4.78 is 0. The minimum absolute atomic E-state index is 0.0287. The molecule has 0 aliphatic heterocycles. The highest BCUT2D eigenvalue weighted by atomic mass is 15.1. The first kappa shape index (κ1) is 12.2. The number of hydrogen-bond acceptors (Lipinski definition) is 2. The summed E-state index contributed by atoms with van der Waals surface area (Å²) in [5, 5.41) is 3.84. The van der Waals surface area contributed by atoms with Crippen molar-refractivity contribution in [3.05, 3.63) is 12.2 Å². The Balaban J connectivity index is 4.97. The van der Waals surface area contributed by atoms with Crippen LogP contribution in [0.1, 0.15) is 41.5 Å². The van der Waals surface area contributed by atoms with Crippen LogP contribution in [0, 0.1) is 10.8 Å². The predicted octanol–water partition coefficient (Wildman–Crippen LogP) is 2.95. The topological polar surface area (TPSA) is 38.4 Å². The number of allylic oxidation sites excluding steroid dienone is 1. The molecule has 0 rings (SSSR count). The molecule has 0 bridgehead atoms. The Morgan fingerprint density at radius 1 is 1.00 bits per heavy atom. The number of nitrogens with zero attached hydrogens (tertiary/aromatic N) is 1. The molecular weight excluding hydrogens is 160 g/mol. The maximum atomic E-state index is 5.38. The van der Waals surface area contributed by atoms with Crippen LogP contribution >= 0.6 is 0 Å². The summed E-state index contributed by atoms with van der Waals surface area (Å²) >= 11 is 0. The summed E-state index contributed by atoms with van der Waals surface area (Å²) in [5.74, 6) is 5.38. The summed E-state index contributed by atoms with van der Waals surface area (Å²) in [6.45, 7) is 16.7. The first-order chi connectivity index (χ1) is 5.60. The van der Waals surface area contributed by atoms with Crippen LogP contribution in [-0.2, 0) is 0 Å². The molecule has 0 aliphatic carbocycles. The van der Waals surface area contributed by atoms with Crippen molar-refractivity contribution < 1.29 is 0 Å². The van der Waals surface area contributed by atoms with E-state index < -0.39 is 0 Å². The lowest BCUT2D eigenvalue weighted by Gasteiger charge is -2.29. The SMILES string of the molecule is C=C(/C(=N\N)C(C)(C)C)C(C)(C)C. The third-order valence-corrected chi connectivity index (χ3v) is 2.03. The molecule has 0 radical (unpaired) electrons. The molecular formula is C11H22N2. The van der Waals surface area contributed by atoms with Gasteiger partial charge in [0.05, 0.1) is 5.71 Å². The first-order valence-electron chi connectivity index (χ1n) is 4.59. The number of nitrogens with two attached hydrogens (primary N) is 1. The van der Waals surface area contributed by atoms with Gasteiger partial charge in [0, 0.05) is 5.41 Å². The Bertz CT molecular complexity index is 223. The Kier molecular flexibility index (Phi) is 3.31. The van der Waals surface area contributed by atoms with Crippen LogP contribution in [0.2, 0.25) is 0 Å². The van der Waals surface area contributed by atoms with E-state index in [9.17, 15) is 0 Å². The smallest absolute Gasteiger partial charge is 0.0685 e. The van der Waals surface area contributed by atoms with Gasteiger partial charge in [-0.3, -0.25) is 0 Å². The minimum Gasteiger partial charge on any atom is -0.323 e. The van der Waals surface area contributed by atoms with Crippen molar-refractivity contribution in [3.63, 3.8) is 0 Å². The molecule has 0 aromatic heterocycles. The molecule has 13 heavy (non-hydrogen) atoms. The Labute approximate surface area is 81.9 Å². The molecule has 2 nitrogen and oxygen atoms in total. The van der Waals surface area contributed by atoms with Crippen molar-refractivity contribution in [1.29, 1.82) is 0 Å². The standard InChI is InChI=1S/C11H22N2/c1-8(10(2,3)4)9(13-12)11(5,6)7/h1,12H2,2-7H3/b13-9+. The minimum atomic E-state index is -0.0287. The van der Waals surface area contributed by atoms with Gasteiger partial charge in [0.15, 0.2) is 0 Å².